The van der Waals surface area contributed by atoms with E-state index < -0.39 is 28.4 Å². The van der Waals surface area contributed by atoms with E-state index in [2.05, 4.69) is 4.72 Å². The van der Waals surface area contributed by atoms with Gasteiger partial charge in [-0.2, -0.15) is 13.2 Å². The number of hydrogen-bond donors (Lipinski definition) is 1. The van der Waals surface area contributed by atoms with E-state index in [0.29, 0.717) is 5.75 Å². The number of fused-ring (bicyclic) bond motifs is 1. The minimum atomic E-state index is -4.53. The number of para-hydroxylation sites is 1. The summed E-state index contributed by atoms with van der Waals surface area (Å²) >= 11 is 0. The van der Waals surface area contributed by atoms with Crippen LogP contribution in [0.1, 0.15) is 12.0 Å². The molecule has 134 valence electrons. The van der Waals surface area contributed by atoms with Gasteiger partial charge in [0.25, 0.3) is 5.91 Å². The summed E-state index contributed by atoms with van der Waals surface area (Å²) < 4.78 is 66.7. The Morgan fingerprint density at radius 1 is 1.25 bits per heavy atom. The topological polar surface area (TPSA) is 75.7 Å². The third kappa shape index (κ3) is 5.68. The fraction of sp³-hybridized carbons (Fsp3) is 0.500. The molecule has 1 N–H and O–H groups in total. The molecule has 0 aromatic heterocycles. The van der Waals surface area contributed by atoms with Gasteiger partial charge in [-0.05, 0) is 6.07 Å². The fourth-order valence-electron chi connectivity index (χ4n) is 2.16. The van der Waals surface area contributed by atoms with E-state index in [1.807, 2.05) is 0 Å². The number of rotatable bonds is 6. The Morgan fingerprint density at radius 3 is 2.67 bits per heavy atom. The van der Waals surface area contributed by atoms with E-state index in [4.69, 9.17) is 4.74 Å². The zero-order valence-corrected chi connectivity index (χ0v) is 13.5. The second kappa shape index (κ2) is 7.39. The molecule has 0 saturated heterocycles. The van der Waals surface area contributed by atoms with Crippen LogP contribution in [0.15, 0.2) is 24.3 Å². The maximum atomic E-state index is 12.1. The van der Waals surface area contributed by atoms with Gasteiger partial charge in [-0.25, -0.2) is 13.1 Å². The molecule has 0 fully saturated rings. The van der Waals surface area contributed by atoms with Crippen LogP contribution in [0.2, 0.25) is 0 Å². The number of alkyl halides is 3. The Balaban J connectivity index is 1.88. The van der Waals surface area contributed by atoms with Crippen molar-refractivity contribution in [3.8, 4) is 5.75 Å². The van der Waals surface area contributed by atoms with E-state index in [0.717, 1.165) is 5.56 Å². The van der Waals surface area contributed by atoms with Crippen molar-refractivity contribution in [1.29, 1.82) is 0 Å². The average Bonchev–Trinajstić information content (AvgIpc) is 2.65. The largest absolute Gasteiger partial charge is 0.483 e. The highest BCUT2D eigenvalue weighted by Gasteiger charge is 2.30. The van der Waals surface area contributed by atoms with Crippen molar-refractivity contribution in [3.63, 3.8) is 0 Å². The first-order valence-electron chi connectivity index (χ1n) is 7.19. The van der Waals surface area contributed by atoms with Gasteiger partial charge < -0.3 is 9.64 Å². The number of sulfonamides is 1. The number of carbonyl (C=O) groups excluding carboxylic acids is 1. The number of carbonyl (C=O) groups is 1. The van der Waals surface area contributed by atoms with E-state index in [1.54, 1.807) is 24.3 Å². The molecule has 1 aliphatic heterocycles. The smallest absolute Gasteiger partial charge is 0.390 e. The molecule has 0 saturated carbocycles. The van der Waals surface area contributed by atoms with Gasteiger partial charge in [-0.1, -0.05) is 18.2 Å². The molecule has 2 rings (SSSR count). The Bertz CT molecular complexity index is 692. The SMILES string of the molecule is O=C1COc2ccccc2CN1CCNS(=O)(=O)CCC(F)(F)F. The molecular formula is C14H17F3N2O4S. The van der Waals surface area contributed by atoms with E-state index in [9.17, 15) is 26.4 Å². The molecule has 0 aliphatic carbocycles. The molecule has 0 spiro atoms. The summed E-state index contributed by atoms with van der Waals surface area (Å²) in [6.45, 7) is -0.0347. The summed E-state index contributed by atoms with van der Waals surface area (Å²) in [5, 5.41) is 0. The Hall–Kier alpha value is -1.81. The van der Waals surface area contributed by atoms with Crippen LogP contribution in [0.4, 0.5) is 13.2 Å². The third-order valence-electron chi connectivity index (χ3n) is 3.40. The highest BCUT2D eigenvalue weighted by molar-refractivity contribution is 7.89. The first-order chi connectivity index (χ1) is 11.2. The molecule has 0 unspecified atom stereocenters. The molecule has 1 amide bonds. The number of amides is 1. The van der Waals surface area contributed by atoms with Crippen LogP contribution in [0.25, 0.3) is 0 Å². The lowest BCUT2D eigenvalue weighted by molar-refractivity contribution is -0.133. The van der Waals surface area contributed by atoms with Gasteiger partial charge in [-0.3, -0.25) is 4.79 Å². The minimum Gasteiger partial charge on any atom is -0.483 e. The lowest BCUT2D eigenvalue weighted by Gasteiger charge is -2.20. The van der Waals surface area contributed by atoms with Crippen LogP contribution in [0.3, 0.4) is 0 Å². The highest BCUT2D eigenvalue weighted by atomic mass is 32.2. The molecule has 6 nitrogen and oxygen atoms in total. The number of ether oxygens (including phenoxy) is 1. The van der Waals surface area contributed by atoms with Crippen molar-refractivity contribution in [3.05, 3.63) is 29.8 Å². The molecule has 1 aromatic carbocycles. The van der Waals surface area contributed by atoms with Crippen LogP contribution in [0.5, 0.6) is 5.75 Å². The molecule has 24 heavy (non-hydrogen) atoms. The lowest BCUT2D eigenvalue weighted by atomic mass is 10.2. The van der Waals surface area contributed by atoms with Crippen molar-refractivity contribution in [2.75, 3.05) is 25.4 Å². The second-order valence-electron chi connectivity index (χ2n) is 5.29. The zero-order valence-electron chi connectivity index (χ0n) is 12.7. The summed E-state index contributed by atoms with van der Waals surface area (Å²) in [6.07, 6.45) is -5.94. The Labute approximate surface area is 137 Å². The molecule has 0 atom stereocenters. The number of halogens is 3. The van der Waals surface area contributed by atoms with Crippen LogP contribution < -0.4 is 9.46 Å². The van der Waals surface area contributed by atoms with Crippen LogP contribution in [0, 0.1) is 0 Å². The normalized spacial score (nSPS) is 15.6. The maximum absolute atomic E-state index is 12.1. The van der Waals surface area contributed by atoms with Crippen molar-refractivity contribution < 1.29 is 31.1 Å². The Morgan fingerprint density at radius 2 is 1.96 bits per heavy atom. The van der Waals surface area contributed by atoms with Crippen LogP contribution in [-0.2, 0) is 21.4 Å². The molecule has 10 heteroatoms. The average molecular weight is 366 g/mol. The molecule has 1 aromatic rings. The quantitative estimate of drug-likeness (QED) is 0.823. The zero-order chi connectivity index (χ0) is 17.8. The predicted molar refractivity (Wildman–Crippen MR) is 79.8 cm³/mol. The minimum absolute atomic E-state index is 0.0434. The van der Waals surface area contributed by atoms with Gasteiger partial charge in [-0.15, -0.1) is 0 Å². The van der Waals surface area contributed by atoms with Gasteiger partial charge in [0.2, 0.25) is 10.0 Å². The fourth-order valence-corrected chi connectivity index (χ4v) is 3.21. The summed E-state index contributed by atoms with van der Waals surface area (Å²) in [4.78, 5) is 13.4. The van der Waals surface area contributed by atoms with Gasteiger partial charge >= 0.3 is 6.18 Å². The Kier molecular flexibility index (Phi) is 5.70. The second-order valence-corrected chi connectivity index (χ2v) is 7.22. The monoisotopic (exact) mass is 366 g/mol. The van der Waals surface area contributed by atoms with Crippen molar-refractivity contribution in [2.24, 2.45) is 0 Å². The predicted octanol–water partition coefficient (Wildman–Crippen LogP) is 1.28. The number of nitrogens with one attached hydrogen (secondary N) is 1. The lowest BCUT2D eigenvalue weighted by Crippen LogP contribution is -2.40. The maximum Gasteiger partial charge on any atom is 0.390 e. The summed E-state index contributed by atoms with van der Waals surface area (Å²) in [6, 6.07) is 7.07. The van der Waals surface area contributed by atoms with Crippen molar-refractivity contribution in [2.45, 2.75) is 19.1 Å². The molecule has 1 aliphatic rings. The number of nitrogens with zero attached hydrogens (tertiary/aromatic N) is 1. The van der Waals surface area contributed by atoms with Gasteiger partial charge in [0.1, 0.15) is 5.75 Å². The number of benzene rings is 1. The molecule has 0 bridgehead atoms. The van der Waals surface area contributed by atoms with Crippen LogP contribution in [-0.4, -0.2) is 50.9 Å². The van der Waals surface area contributed by atoms with E-state index in [1.165, 1.54) is 4.90 Å². The summed E-state index contributed by atoms with van der Waals surface area (Å²) in [5.41, 5.74) is 0.781. The molecule has 1 heterocycles. The van der Waals surface area contributed by atoms with Crippen molar-refractivity contribution >= 4 is 15.9 Å². The highest BCUT2D eigenvalue weighted by Crippen LogP contribution is 2.22. The van der Waals surface area contributed by atoms with Crippen molar-refractivity contribution in [1.82, 2.24) is 9.62 Å². The van der Waals surface area contributed by atoms with Crippen LogP contribution >= 0.6 is 0 Å². The third-order valence-corrected chi connectivity index (χ3v) is 4.78. The van der Waals surface area contributed by atoms with Gasteiger partial charge in [0.15, 0.2) is 6.61 Å². The van der Waals surface area contributed by atoms with Gasteiger partial charge in [0, 0.05) is 25.2 Å². The standard InChI is InChI=1S/C14H17F3N2O4S/c15-14(16,17)5-8-24(21,22)18-6-7-19-9-11-3-1-2-4-12(11)23-10-13(19)20/h1-4,18H,5-10H2. The molecular weight excluding hydrogens is 349 g/mol. The van der Waals surface area contributed by atoms with E-state index in [-0.39, 0.29) is 32.1 Å². The first-order valence-corrected chi connectivity index (χ1v) is 8.84. The van der Waals surface area contributed by atoms with E-state index >= 15 is 0 Å². The first kappa shape index (κ1) is 18.5. The molecule has 0 radical (unpaired) electrons. The summed E-state index contributed by atoms with van der Waals surface area (Å²) in [7, 11) is -4.04. The number of hydrogen-bond acceptors (Lipinski definition) is 4. The van der Waals surface area contributed by atoms with Gasteiger partial charge in [0.05, 0.1) is 12.2 Å². The summed E-state index contributed by atoms with van der Waals surface area (Å²) in [5.74, 6) is -0.768.